The smallest absolute Gasteiger partial charge is 0.167 e. The highest BCUT2D eigenvalue weighted by Gasteiger charge is 2.53. The Morgan fingerprint density at radius 3 is 2.67 bits per heavy atom. The highest BCUT2D eigenvalue weighted by atomic mass is 19.1. The van der Waals surface area contributed by atoms with Gasteiger partial charge in [-0.2, -0.15) is 10.2 Å². The van der Waals surface area contributed by atoms with Crippen LogP contribution in [0.2, 0.25) is 0 Å². The average molecular weight is 545 g/mol. The van der Waals surface area contributed by atoms with E-state index in [-0.39, 0.29) is 17.8 Å². The molecule has 0 amide bonds. The molecular weight excluding hydrogens is 510 g/mol. The van der Waals surface area contributed by atoms with E-state index in [1.807, 2.05) is 30.3 Å². The van der Waals surface area contributed by atoms with Crippen LogP contribution in [0.25, 0.3) is 0 Å². The van der Waals surface area contributed by atoms with Gasteiger partial charge in [0.2, 0.25) is 0 Å². The molecule has 1 N–H and O–H groups in total. The Morgan fingerprint density at radius 1 is 1.00 bits per heavy atom. The first-order valence-corrected chi connectivity index (χ1v) is 14.0. The Hall–Kier alpha value is -3.74. The Bertz CT molecular complexity index is 1490. The molecule has 0 aliphatic heterocycles. The molecule has 0 bridgehead atoms. The van der Waals surface area contributed by atoms with Gasteiger partial charge in [0.05, 0.1) is 13.3 Å². The van der Waals surface area contributed by atoms with Crippen LogP contribution in [-0.2, 0) is 13.0 Å². The molecule has 0 saturated heterocycles. The van der Waals surface area contributed by atoms with Gasteiger partial charge in [-0.25, -0.2) is 8.78 Å². The summed E-state index contributed by atoms with van der Waals surface area (Å²) in [6.07, 6.45) is 8.26. The van der Waals surface area contributed by atoms with E-state index in [0.29, 0.717) is 29.3 Å². The first kappa shape index (κ1) is 26.5. The van der Waals surface area contributed by atoms with Gasteiger partial charge in [-0.3, -0.25) is 0 Å². The Kier molecular flexibility index (Phi) is 7.07. The van der Waals surface area contributed by atoms with E-state index in [9.17, 15) is 13.9 Å². The monoisotopic (exact) mass is 544 g/mol. The van der Waals surface area contributed by atoms with E-state index >= 15 is 0 Å². The Labute approximate surface area is 233 Å². The fourth-order valence-electron chi connectivity index (χ4n) is 7.43. The van der Waals surface area contributed by atoms with Gasteiger partial charge >= 0.3 is 0 Å². The van der Waals surface area contributed by atoms with E-state index in [1.54, 1.807) is 13.3 Å². The number of nitrogens with zero attached hydrogens (tertiary/aromatic N) is 2. The summed E-state index contributed by atoms with van der Waals surface area (Å²) in [6.45, 7) is 2.44. The zero-order valence-electron chi connectivity index (χ0n) is 22.9. The predicted molar refractivity (Wildman–Crippen MR) is 151 cm³/mol. The van der Waals surface area contributed by atoms with E-state index in [4.69, 9.17) is 14.6 Å². The van der Waals surface area contributed by atoms with Gasteiger partial charge in [-0.15, -0.1) is 0 Å². The van der Waals surface area contributed by atoms with Crippen molar-refractivity contribution < 1.29 is 23.4 Å². The molecule has 208 valence electrons. The fourth-order valence-corrected chi connectivity index (χ4v) is 7.43. The zero-order chi connectivity index (χ0) is 27.9. The number of hydrogen-bond donors (Lipinski definition) is 1. The predicted octanol–water partition coefficient (Wildman–Crippen LogP) is 7.59. The molecule has 3 aliphatic rings. The topological polar surface area (TPSA) is 63.4 Å². The summed E-state index contributed by atoms with van der Waals surface area (Å²) >= 11 is 0. The number of hydrogen-bond acceptors (Lipinski definition) is 5. The van der Waals surface area contributed by atoms with Crippen molar-refractivity contribution in [3.63, 3.8) is 0 Å². The molecular formula is C33H34F2N2O3. The summed E-state index contributed by atoms with van der Waals surface area (Å²) in [4.78, 5) is 0. The number of phenols is 1. The van der Waals surface area contributed by atoms with Crippen LogP contribution < -0.4 is 9.47 Å². The minimum absolute atomic E-state index is 0.0210. The van der Waals surface area contributed by atoms with Crippen molar-refractivity contribution in [1.29, 1.82) is 0 Å². The highest BCUT2D eigenvalue weighted by molar-refractivity contribution is 5.93. The van der Waals surface area contributed by atoms with Crippen LogP contribution >= 0.6 is 0 Å². The van der Waals surface area contributed by atoms with Gasteiger partial charge in [-0.1, -0.05) is 13.0 Å². The summed E-state index contributed by atoms with van der Waals surface area (Å²) in [7, 11) is 1.57. The summed E-state index contributed by atoms with van der Waals surface area (Å²) < 4.78 is 38.3. The fraction of sp³-hybridized carbons (Fsp3) is 0.394. The SMILES string of the molecule is COc1ccc(/C=N\N=C2\CC[C@@H]3[C@@H]4CCc5cc(O)ccc5[C@@H]4CC[C@]23C)cc1COc1ccc(F)cc1F. The third-order valence-corrected chi connectivity index (χ3v) is 9.42. The van der Waals surface area contributed by atoms with Crippen LogP contribution in [0.4, 0.5) is 8.78 Å². The van der Waals surface area contributed by atoms with Gasteiger partial charge in [0.25, 0.3) is 0 Å². The van der Waals surface area contributed by atoms with Gasteiger partial charge in [0.1, 0.15) is 23.9 Å². The number of aromatic hydroxyl groups is 1. The van der Waals surface area contributed by atoms with Crippen molar-refractivity contribution in [2.75, 3.05) is 7.11 Å². The number of halogens is 2. The first-order chi connectivity index (χ1) is 19.4. The molecule has 0 unspecified atom stereocenters. The summed E-state index contributed by atoms with van der Waals surface area (Å²) in [6, 6.07) is 14.8. The summed E-state index contributed by atoms with van der Waals surface area (Å²) in [5.74, 6) is 1.36. The van der Waals surface area contributed by atoms with Crippen molar-refractivity contribution in [3.05, 3.63) is 88.5 Å². The molecule has 0 aromatic heterocycles. The second-order valence-electron chi connectivity index (χ2n) is 11.5. The van der Waals surface area contributed by atoms with Crippen LogP contribution in [0.5, 0.6) is 17.2 Å². The third kappa shape index (κ3) is 4.87. The summed E-state index contributed by atoms with van der Waals surface area (Å²) in [5, 5.41) is 19.2. The normalized spacial score (nSPS) is 26.4. The molecule has 3 aliphatic carbocycles. The van der Waals surface area contributed by atoms with Crippen molar-refractivity contribution in [2.24, 2.45) is 27.5 Å². The van der Waals surface area contributed by atoms with E-state index < -0.39 is 11.6 Å². The zero-order valence-corrected chi connectivity index (χ0v) is 22.9. The molecule has 0 radical (unpaired) electrons. The quantitative estimate of drug-likeness (QED) is 0.257. The van der Waals surface area contributed by atoms with Crippen LogP contribution in [0, 0.1) is 28.9 Å². The molecule has 2 fully saturated rings. The average Bonchev–Trinajstić information content (AvgIpc) is 3.28. The largest absolute Gasteiger partial charge is 0.508 e. The van der Waals surface area contributed by atoms with Crippen LogP contribution in [0.1, 0.15) is 67.2 Å². The Morgan fingerprint density at radius 2 is 1.85 bits per heavy atom. The highest BCUT2D eigenvalue weighted by Crippen LogP contribution is 2.60. The number of methoxy groups -OCH3 is 1. The van der Waals surface area contributed by atoms with Gasteiger partial charge in [0, 0.05) is 22.8 Å². The number of phenolic OH excluding ortho intramolecular Hbond substituents is 1. The molecule has 2 saturated carbocycles. The van der Waals surface area contributed by atoms with Crippen molar-refractivity contribution in [2.45, 2.75) is 58.0 Å². The van der Waals surface area contributed by atoms with Crippen molar-refractivity contribution in [3.8, 4) is 17.2 Å². The van der Waals surface area contributed by atoms with Crippen molar-refractivity contribution in [1.82, 2.24) is 0 Å². The minimum Gasteiger partial charge on any atom is -0.508 e. The molecule has 4 atom stereocenters. The molecule has 0 spiro atoms. The summed E-state index contributed by atoms with van der Waals surface area (Å²) in [5.41, 5.74) is 5.55. The molecule has 6 rings (SSSR count). The second kappa shape index (κ2) is 10.7. The number of aryl methyl sites for hydroxylation is 1. The number of ether oxygens (including phenoxy) is 2. The maximum atomic E-state index is 14.0. The molecule has 3 aromatic carbocycles. The van der Waals surface area contributed by atoms with Gasteiger partial charge in [-0.05, 0) is 115 Å². The number of fused-ring (bicyclic) bond motifs is 5. The second-order valence-corrected chi connectivity index (χ2v) is 11.5. The van der Waals surface area contributed by atoms with Crippen LogP contribution in [-0.4, -0.2) is 24.1 Å². The molecule has 7 heteroatoms. The standard InChI is InChI=1S/C33H34F2N2O3/c1-33-14-13-26-25-8-6-24(38)16-21(25)4-7-27(26)28(33)9-12-32(33)37-36-18-20-3-10-30(39-2)22(15-20)19-40-31-11-5-23(34)17-29(31)35/h3,5-6,8,10-11,15-18,26-28,38H,4,7,9,12-14,19H2,1-2H3/b36-18-,37-32-/t26-,27+,28+,33-/m0/s1. The number of rotatable bonds is 6. The van der Waals surface area contributed by atoms with Crippen LogP contribution in [0.3, 0.4) is 0 Å². The van der Waals surface area contributed by atoms with E-state index in [1.165, 1.54) is 22.9 Å². The molecule has 0 heterocycles. The molecule has 5 nitrogen and oxygen atoms in total. The Balaban J connectivity index is 1.17. The number of benzene rings is 3. The van der Waals surface area contributed by atoms with E-state index in [0.717, 1.165) is 61.8 Å². The lowest BCUT2D eigenvalue weighted by Crippen LogP contribution is -2.42. The van der Waals surface area contributed by atoms with Gasteiger partial charge in [0.15, 0.2) is 11.6 Å². The maximum absolute atomic E-state index is 14.0. The lowest BCUT2D eigenvalue weighted by atomic mass is 9.55. The van der Waals surface area contributed by atoms with Crippen LogP contribution in [0.15, 0.2) is 64.8 Å². The lowest BCUT2D eigenvalue weighted by Gasteiger charge is -2.49. The first-order valence-electron chi connectivity index (χ1n) is 14.0. The van der Waals surface area contributed by atoms with Crippen molar-refractivity contribution >= 4 is 11.9 Å². The maximum Gasteiger partial charge on any atom is 0.167 e. The lowest BCUT2D eigenvalue weighted by molar-refractivity contribution is 0.0955. The molecule has 3 aromatic rings. The molecule has 40 heavy (non-hydrogen) atoms. The van der Waals surface area contributed by atoms with Gasteiger partial charge < -0.3 is 14.6 Å². The third-order valence-electron chi connectivity index (χ3n) is 9.42. The minimum atomic E-state index is -0.748. The van der Waals surface area contributed by atoms with E-state index in [2.05, 4.69) is 18.1 Å².